The van der Waals surface area contributed by atoms with Crippen molar-refractivity contribution in [1.29, 1.82) is 0 Å². The summed E-state index contributed by atoms with van der Waals surface area (Å²) in [7, 11) is 0. The van der Waals surface area contributed by atoms with Crippen LogP contribution in [0.4, 0.5) is 13.2 Å². The SMILES string of the molecule is FC(F)(F)c1nc(Cl)cc(Sc2ccc3c(c2)CCC3)n1. The molecule has 2 aromatic rings. The number of nitrogens with zero attached hydrogens (tertiary/aromatic N) is 2. The number of fused-ring (bicyclic) bond motifs is 1. The number of aromatic nitrogens is 2. The van der Waals surface area contributed by atoms with E-state index in [1.54, 1.807) is 0 Å². The lowest BCUT2D eigenvalue weighted by Gasteiger charge is -2.08. The molecule has 21 heavy (non-hydrogen) atoms. The van der Waals surface area contributed by atoms with Gasteiger partial charge in [0, 0.05) is 11.0 Å². The first-order valence-corrected chi connectivity index (χ1v) is 7.53. The first kappa shape index (κ1) is 14.7. The van der Waals surface area contributed by atoms with Crippen LogP contribution in [0.5, 0.6) is 0 Å². The van der Waals surface area contributed by atoms with E-state index in [1.807, 2.05) is 18.2 Å². The van der Waals surface area contributed by atoms with Gasteiger partial charge >= 0.3 is 6.18 Å². The zero-order valence-corrected chi connectivity index (χ0v) is 12.3. The molecule has 7 heteroatoms. The van der Waals surface area contributed by atoms with Gasteiger partial charge < -0.3 is 0 Å². The Hall–Kier alpha value is -1.27. The van der Waals surface area contributed by atoms with Crippen LogP contribution in [-0.2, 0) is 19.0 Å². The van der Waals surface area contributed by atoms with Gasteiger partial charge in [0.15, 0.2) is 0 Å². The van der Waals surface area contributed by atoms with Gasteiger partial charge in [-0.25, -0.2) is 9.97 Å². The molecule has 0 radical (unpaired) electrons. The Kier molecular flexibility index (Phi) is 3.84. The van der Waals surface area contributed by atoms with Crippen molar-refractivity contribution in [3.63, 3.8) is 0 Å². The van der Waals surface area contributed by atoms with Gasteiger partial charge in [0.05, 0.1) is 0 Å². The summed E-state index contributed by atoms with van der Waals surface area (Å²) in [5, 5.41) is -0.0127. The fourth-order valence-electron chi connectivity index (χ4n) is 2.31. The molecule has 0 amide bonds. The zero-order valence-electron chi connectivity index (χ0n) is 10.7. The molecule has 1 heterocycles. The van der Waals surface area contributed by atoms with Gasteiger partial charge in [-0.1, -0.05) is 29.4 Å². The number of hydrogen-bond donors (Lipinski definition) is 0. The van der Waals surface area contributed by atoms with Crippen LogP contribution in [-0.4, -0.2) is 9.97 Å². The van der Waals surface area contributed by atoms with Crippen molar-refractivity contribution in [2.24, 2.45) is 0 Å². The summed E-state index contributed by atoms with van der Waals surface area (Å²) in [5.74, 6) is -1.21. The van der Waals surface area contributed by atoms with Crippen molar-refractivity contribution >= 4 is 23.4 Å². The minimum atomic E-state index is -4.60. The van der Waals surface area contributed by atoms with Crippen LogP contribution in [0.3, 0.4) is 0 Å². The second-order valence-corrected chi connectivity index (χ2v) is 6.22. The van der Waals surface area contributed by atoms with E-state index in [9.17, 15) is 13.2 Å². The van der Waals surface area contributed by atoms with Crippen molar-refractivity contribution < 1.29 is 13.2 Å². The van der Waals surface area contributed by atoms with E-state index in [-0.39, 0.29) is 10.2 Å². The monoisotopic (exact) mass is 330 g/mol. The number of halogens is 4. The average Bonchev–Trinajstić information content (AvgIpc) is 2.84. The molecule has 0 spiro atoms. The highest BCUT2D eigenvalue weighted by molar-refractivity contribution is 7.99. The van der Waals surface area contributed by atoms with Crippen LogP contribution < -0.4 is 0 Å². The van der Waals surface area contributed by atoms with Crippen LogP contribution in [0.1, 0.15) is 23.4 Å². The largest absolute Gasteiger partial charge is 0.451 e. The van der Waals surface area contributed by atoms with Gasteiger partial charge in [-0.05, 0) is 42.5 Å². The molecule has 1 aromatic carbocycles. The van der Waals surface area contributed by atoms with Crippen LogP contribution in [0, 0.1) is 0 Å². The standard InChI is InChI=1S/C14H10ClF3N2S/c15-11-7-12(20-13(19-11)14(16,17)18)21-10-5-4-8-2-1-3-9(8)6-10/h4-7H,1-3H2. The Morgan fingerprint density at radius 2 is 1.81 bits per heavy atom. The molecule has 0 N–H and O–H groups in total. The molecule has 1 aliphatic carbocycles. The minimum Gasteiger partial charge on any atom is -0.217 e. The summed E-state index contributed by atoms with van der Waals surface area (Å²) in [5.41, 5.74) is 2.58. The van der Waals surface area contributed by atoms with E-state index >= 15 is 0 Å². The Morgan fingerprint density at radius 3 is 2.57 bits per heavy atom. The molecule has 0 aliphatic heterocycles. The van der Waals surface area contributed by atoms with Gasteiger partial charge in [0.2, 0.25) is 5.82 Å². The van der Waals surface area contributed by atoms with Gasteiger partial charge in [0.1, 0.15) is 10.2 Å². The molecule has 110 valence electrons. The summed E-state index contributed by atoms with van der Waals surface area (Å²) < 4.78 is 38.0. The first-order valence-electron chi connectivity index (χ1n) is 6.33. The second-order valence-electron chi connectivity index (χ2n) is 4.74. The van der Waals surface area contributed by atoms with E-state index in [4.69, 9.17) is 11.6 Å². The van der Waals surface area contributed by atoms with Crippen LogP contribution in [0.25, 0.3) is 0 Å². The third-order valence-corrected chi connectivity index (χ3v) is 4.32. The molecule has 0 bridgehead atoms. The van der Waals surface area contributed by atoms with Crippen LogP contribution >= 0.6 is 23.4 Å². The fourth-order valence-corrected chi connectivity index (χ4v) is 3.44. The van der Waals surface area contributed by atoms with Gasteiger partial charge in [-0.15, -0.1) is 0 Å². The molecule has 2 nitrogen and oxygen atoms in total. The zero-order chi connectivity index (χ0) is 15.0. The van der Waals surface area contributed by atoms with Crippen molar-refractivity contribution in [2.45, 2.75) is 35.4 Å². The predicted octanol–water partition coefficient (Wildman–Crippen LogP) is 4.79. The predicted molar refractivity (Wildman–Crippen MR) is 74.6 cm³/mol. The van der Waals surface area contributed by atoms with Crippen molar-refractivity contribution in [2.75, 3.05) is 0 Å². The molecule has 1 aromatic heterocycles. The van der Waals surface area contributed by atoms with E-state index in [2.05, 4.69) is 9.97 Å². The number of alkyl halides is 3. The van der Waals surface area contributed by atoms with E-state index < -0.39 is 12.0 Å². The number of rotatable bonds is 2. The molecule has 1 aliphatic rings. The summed E-state index contributed by atoms with van der Waals surface area (Å²) in [6.07, 6.45) is -1.39. The Balaban J connectivity index is 1.89. The smallest absolute Gasteiger partial charge is 0.217 e. The molecule has 0 unspecified atom stereocenters. The lowest BCUT2D eigenvalue weighted by molar-refractivity contribution is -0.145. The van der Waals surface area contributed by atoms with Gasteiger partial charge in [-0.2, -0.15) is 13.2 Å². The Bertz CT molecular complexity index is 688. The maximum absolute atomic E-state index is 12.7. The minimum absolute atomic E-state index is 0.195. The van der Waals surface area contributed by atoms with Crippen LogP contribution in [0.2, 0.25) is 5.15 Å². The third-order valence-electron chi connectivity index (χ3n) is 3.22. The lowest BCUT2D eigenvalue weighted by atomic mass is 10.1. The molecule has 3 rings (SSSR count). The summed E-state index contributed by atoms with van der Waals surface area (Å²) in [6.45, 7) is 0. The average molecular weight is 331 g/mol. The molecule has 0 atom stereocenters. The van der Waals surface area contributed by atoms with Crippen molar-refractivity contribution in [1.82, 2.24) is 9.97 Å². The van der Waals surface area contributed by atoms with E-state index in [0.717, 1.165) is 35.9 Å². The van der Waals surface area contributed by atoms with Gasteiger partial charge in [-0.3, -0.25) is 0 Å². The van der Waals surface area contributed by atoms with E-state index in [1.165, 1.54) is 17.2 Å². The first-order chi connectivity index (χ1) is 9.91. The fraction of sp³-hybridized carbons (Fsp3) is 0.286. The molecular formula is C14H10ClF3N2S. The number of aryl methyl sites for hydroxylation is 2. The number of hydrogen-bond acceptors (Lipinski definition) is 3. The second kappa shape index (κ2) is 5.50. The Labute approximate surface area is 128 Å². The third kappa shape index (κ3) is 3.32. The quantitative estimate of drug-likeness (QED) is 0.740. The topological polar surface area (TPSA) is 25.8 Å². The normalized spacial score (nSPS) is 14.3. The molecular weight excluding hydrogens is 321 g/mol. The van der Waals surface area contributed by atoms with Crippen molar-refractivity contribution in [3.8, 4) is 0 Å². The molecule has 0 saturated heterocycles. The highest BCUT2D eigenvalue weighted by Crippen LogP contribution is 2.34. The molecule has 0 saturated carbocycles. The Morgan fingerprint density at radius 1 is 1.05 bits per heavy atom. The van der Waals surface area contributed by atoms with Gasteiger partial charge in [0.25, 0.3) is 0 Å². The van der Waals surface area contributed by atoms with E-state index in [0.29, 0.717) is 0 Å². The summed E-state index contributed by atoms with van der Waals surface area (Å²) in [6, 6.07) is 7.28. The van der Waals surface area contributed by atoms with Crippen LogP contribution in [0.15, 0.2) is 34.2 Å². The summed E-state index contributed by atoms with van der Waals surface area (Å²) >= 11 is 6.81. The highest BCUT2D eigenvalue weighted by Gasteiger charge is 2.35. The van der Waals surface area contributed by atoms with Crippen molar-refractivity contribution in [3.05, 3.63) is 46.4 Å². The maximum atomic E-state index is 12.7. The highest BCUT2D eigenvalue weighted by atomic mass is 35.5. The number of benzene rings is 1. The molecule has 0 fully saturated rings. The summed E-state index contributed by atoms with van der Waals surface area (Å²) in [4.78, 5) is 7.62. The maximum Gasteiger partial charge on any atom is 0.451 e. The lowest BCUT2D eigenvalue weighted by Crippen LogP contribution is -2.11.